The van der Waals surface area contributed by atoms with E-state index in [0.29, 0.717) is 16.8 Å². The number of carboxylic acid groups (broad SMARTS) is 1. The number of anilines is 1. The second-order valence-electron chi connectivity index (χ2n) is 8.44. The summed E-state index contributed by atoms with van der Waals surface area (Å²) in [6.07, 6.45) is -0.945. The Morgan fingerprint density at radius 3 is 2.36 bits per heavy atom. The molecule has 3 aliphatic rings. The summed E-state index contributed by atoms with van der Waals surface area (Å²) in [5.74, 6) is -3.21. The number of fused-ring (bicyclic) bond motifs is 4. The molecule has 0 spiro atoms. The molecule has 0 aliphatic carbocycles. The van der Waals surface area contributed by atoms with Crippen LogP contribution in [0.4, 0.5) is 5.69 Å². The van der Waals surface area contributed by atoms with E-state index in [1.807, 2.05) is 12.1 Å². The molecule has 10 heteroatoms. The zero-order valence-corrected chi connectivity index (χ0v) is 21.2. The van der Waals surface area contributed by atoms with E-state index in [1.54, 1.807) is 37.3 Å². The van der Waals surface area contributed by atoms with Crippen molar-refractivity contribution in [2.45, 2.75) is 30.9 Å². The molecule has 166 valence electrons. The number of para-hydroxylation sites is 1. The second-order valence-corrected chi connectivity index (χ2v) is 10.3. The zero-order chi connectivity index (χ0) is 22.9. The molecule has 2 aromatic carbocycles. The molecule has 0 aromatic heterocycles. The van der Waals surface area contributed by atoms with Gasteiger partial charge in [-0.2, -0.15) is 0 Å². The van der Waals surface area contributed by atoms with Crippen molar-refractivity contribution in [2.75, 3.05) is 10.8 Å². The van der Waals surface area contributed by atoms with Gasteiger partial charge in [-0.25, -0.2) is 8.42 Å². The smallest absolute Gasteiger partial charge is 0.543 e. The molecule has 4 atom stereocenters. The van der Waals surface area contributed by atoms with Crippen LogP contribution in [0.1, 0.15) is 13.8 Å². The van der Waals surface area contributed by atoms with Crippen LogP contribution in [-0.4, -0.2) is 49.0 Å². The number of rotatable bonds is 4. The Balaban J connectivity index is 0.00000259. The Hall–Kier alpha value is -2.17. The fraction of sp³-hybridized carbons (Fsp3) is 0.304. The largest absolute Gasteiger partial charge is 1.00 e. The quantitative estimate of drug-likeness (QED) is 0.393. The Morgan fingerprint density at radius 2 is 1.73 bits per heavy atom. The van der Waals surface area contributed by atoms with Crippen molar-refractivity contribution in [2.24, 2.45) is 11.8 Å². The molecule has 33 heavy (non-hydrogen) atoms. The van der Waals surface area contributed by atoms with Crippen LogP contribution in [0.5, 0.6) is 0 Å². The number of aliphatic hydroxyl groups excluding tert-OH is 1. The van der Waals surface area contributed by atoms with Crippen molar-refractivity contribution >= 4 is 27.6 Å². The van der Waals surface area contributed by atoms with Gasteiger partial charge in [0.15, 0.2) is 0 Å². The molecular formula is C23H21N2NaO6S. The van der Waals surface area contributed by atoms with Crippen molar-refractivity contribution in [3.05, 3.63) is 59.8 Å². The number of nitrogens with zero attached hydrogens (tertiary/aromatic N) is 2. The van der Waals surface area contributed by atoms with Crippen LogP contribution in [0.25, 0.3) is 11.1 Å². The van der Waals surface area contributed by atoms with Gasteiger partial charge in [0.05, 0.1) is 46.9 Å². The summed E-state index contributed by atoms with van der Waals surface area (Å²) in [4.78, 5) is 25.9. The number of amides is 1. The molecule has 0 bridgehead atoms. The summed E-state index contributed by atoms with van der Waals surface area (Å²) in [7, 11) is -3.98. The van der Waals surface area contributed by atoms with Gasteiger partial charge in [-0.3, -0.25) is 9.10 Å². The molecule has 0 saturated carbocycles. The Bertz CT molecular complexity index is 1310. The SMILES string of the molecule is C[C@@H](O)[C@H]1C(=O)N2C(C(=O)[O-])=C(CN3c4ccccc4-c4ccccc4S3(=O)=O)[C@H](C)[C@H]12.[Na+]. The Morgan fingerprint density at radius 1 is 1.12 bits per heavy atom. The van der Waals surface area contributed by atoms with Gasteiger partial charge in [-0.15, -0.1) is 0 Å². The number of hydrogen-bond donors (Lipinski definition) is 1. The van der Waals surface area contributed by atoms with Gasteiger partial charge in [0.2, 0.25) is 5.91 Å². The van der Waals surface area contributed by atoms with Crippen LogP contribution >= 0.6 is 0 Å². The topological polar surface area (TPSA) is 118 Å². The van der Waals surface area contributed by atoms with Crippen LogP contribution in [0, 0.1) is 11.8 Å². The predicted octanol–water partition coefficient (Wildman–Crippen LogP) is -2.27. The van der Waals surface area contributed by atoms with Gasteiger partial charge in [0.25, 0.3) is 10.0 Å². The molecule has 3 aliphatic heterocycles. The molecule has 1 fully saturated rings. The maximum Gasteiger partial charge on any atom is 1.00 e. The Kier molecular flexibility index (Phi) is 5.99. The van der Waals surface area contributed by atoms with E-state index >= 15 is 0 Å². The van der Waals surface area contributed by atoms with E-state index in [2.05, 4.69) is 0 Å². The molecule has 8 nitrogen and oxygen atoms in total. The number of sulfonamides is 1. The van der Waals surface area contributed by atoms with E-state index in [9.17, 15) is 28.2 Å². The average molecular weight is 476 g/mol. The molecule has 0 unspecified atom stereocenters. The number of aliphatic carboxylic acids is 1. The summed E-state index contributed by atoms with van der Waals surface area (Å²) >= 11 is 0. The normalized spacial score (nSPS) is 25.4. The number of hydrogen-bond acceptors (Lipinski definition) is 6. The van der Waals surface area contributed by atoms with Gasteiger partial charge in [0.1, 0.15) is 0 Å². The molecule has 1 N–H and O–H groups in total. The summed E-state index contributed by atoms with van der Waals surface area (Å²) in [5, 5.41) is 22.1. The number of benzene rings is 2. The first-order valence-corrected chi connectivity index (χ1v) is 11.8. The molecule has 1 amide bonds. The van der Waals surface area contributed by atoms with Crippen LogP contribution in [-0.2, 0) is 19.6 Å². The van der Waals surface area contributed by atoms with Crippen molar-refractivity contribution in [1.82, 2.24) is 4.90 Å². The number of aliphatic hydroxyl groups is 1. The van der Waals surface area contributed by atoms with Crippen LogP contribution in [0.15, 0.2) is 64.7 Å². The minimum absolute atomic E-state index is 0. The zero-order valence-electron chi connectivity index (χ0n) is 18.4. The van der Waals surface area contributed by atoms with E-state index in [0.717, 1.165) is 10.5 Å². The van der Waals surface area contributed by atoms with E-state index in [4.69, 9.17) is 0 Å². The minimum atomic E-state index is -3.98. The van der Waals surface area contributed by atoms with Gasteiger partial charge in [0, 0.05) is 17.0 Å². The predicted molar refractivity (Wildman–Crippen MR) is 113 cm³/mol. The van der Waals surface area contributed by atoms with Gasteiger partial charge in [-0.1, -0.05) is 43.3 Å². The minimum Gasteiger partial charge on any atom is -0.543 e. The van der Waals surface area contributed by atoms with Gasteiger partial charge in [-0.05, 0) is 24.6 Å². The summed E-state index contributed by atoms with van der Waals surface area (Å²) in [5.41, 5.74) is 1.75. The monoisotopic (exact) mass is 476 g/mol. The fourth-order valence-electron chi connectivity index (χ4n) is 5.25. The van der Waals surface area contributed by atoms with E-state index < -0.39 is 45.9 Å². The van der Waals surface area contributed by atoms with Crippen LogP contribution < -0.4 is 39.0 Å². The molecule has 0 radical (unpaired) electrons. The third-order valence-electron chi connectivity index (χ3n) is 6.74. The summed E-state index contributed by atoms with van der Waals surface area (Å²) in [6, 6.07) is 13.2. The summed E-state index contributed by atoms with van der Waals surface area (Å²) in [6.45, 7) is 3.01. The standard InChI is InChI=1S/C23H22N2O6S.Na/c1-12-16(21(23(28)29)25-20(12)19(13(2)26)22(25)27)11-24-17-9-5-3-7-14(17)15-8-4-6-10-18(15)32(24,30)31;/h3-10,12-13,19-20,26H,11H2,1-2H3,(H,28,29);/q;+1/p-1/t12-,13+,19+,20+;/m0./s1. The first-order chi connectivity index (χ1) is 15.2. The van der Waals surface area contributed by atoms with Crippen molar-refractivity contribution in [3.63, 3.8) is 0 Å². The molecule has 1 saturated heterocycles. The van der Waals surface area contributed by atoms with Crippen molar-refractivity contribution < 1.29 is 57.8 Å². The third-order valence-corrected chi connectivity index (χ3v) is 8.56. The van der Waals surface area contributed by atoms with Gasteiger partial charge < -0.3 is 19.9 Å². The fourth-order valence-corrected chi connectivity index (χ4v) is 6.92. The second kappa shape index (κ2) is 8.25. The molecular weight excluding hydrogens is 455 g/mol. The molecule has 3 heterocycles. The average Bonchev–Trinajstić information content (AvgIpc) is 2.99. The number of β-lactam (4-membered cyclic amide) rings is 1. The number of carbonyl (C=O) groups is 2. The number of carboxylic acids is 1. The third kappa shape index (κ3) is 3.29. The van der Waals surface area contributed by atoms with Crippen molar-refractivity contribution in [1.29, 1.82) is 0 Å². The first kappa shape index (κ1) is 24.0. The van der Waals surface area contributed by atoms with Crippen LogP contribution in [0.2, 0.25) is 0 Å². The first-order valence-electron chi connectivity index (χ1n) is 10.3. The van der Waals surface area contributed by atoms with Gasteiger partial charge >= 0.3 is 29.6 Å². The molecule has 5 rings (SSSR count). The maximum absolute atomic E-state index is 13.6. The molecule has 2 aromatic rings. The number of carbonyl (C=O) groups excluding carboxylic acids is 2. The van der Waals surface area contributed by atoms with Crippen molar-refractivity contribution in [3.8, 4) is 11.1 Å². The Labute approximate surface area is 213 Å². The van der Waals surface area contributed by atoms with Crippen LogP contribution in [0.3, 0.4) is 0 Å². The maximum atomic E-state index is 13.6. The van der Waals surface area contributed by atoms with E-state index in [-0.39, 0.29) is 46.7 Å². The summed E-state index contributed by atoms with van der Waals surface area (Å²) < 4.78 is 28.3. The van der Waals surface area contributed by atoms with E-state index in [1.165, 1.54) is 17.3 Å².